The van der Waals surface area contributed by atoms with Crippen molar-refractivity contribution in [3.05, 3.63) is 0 Å². The second-order valence-corrected chi connectivity index (χ2v) is 3.33. The van der Waals surface area contributed by atoms with Crippen molar-refractivity contribution in [2.24, 2.45) is 0 Å². The summed E-state index contributed by atoms with van der Waals surface area (Å²) in [4.78, 5) is 0. The Bertz CT molecular complexity index is 140. The number of hydrogen-bond donors (Lipinski definition) is 3. The fourth-order valence-corrected chi connectivity index (χ4v) is 1.40. The van der Waals surface area contributed by atoms with Crippen LogP contribution in [0.1, 0.15) is 12.8 Å². The molecule has 78 valence electrons. The third-order valence-corrected chi connectivity index (χ3v) is 2.25. The maximum Gasteiger partial charge on any atom is 0.265 e. The average Bonchev–Trinajstić information content (AvgIpc) is 2.15. The predicted octanol–water partition coefficient (Wildman–Crippen LogP) is -0.0460. The molecular weight excluding hydrogens is 178 g/mol. The van der Waals surface area contributed by atoms with Gasteiger partial charge in [-0.05, 0) is 25.9 Å². The quantitative estimate of drug-likeness (QED) is 0.588. The Kier molecular flexibility index (Phi) is 4.55. The third-order valence-electron chi connectivity index (χ3n) is 2.25. The molecular formula is C8H16F2N2O. The van der Waals surface area contributed by atoms with Crippen LogP contribution in [0.3, 0.4) is 0 Å². The fraction of sp³-hybridized carbons (Fsp3) is 1.00. The molecule has 1 rings (SSSR count). The summed E-state index contributed by atoms with van der Waals surface area (Å²) in [5.41, 5.74) is 0. The van der Waals surface area contributed by atoms with Gasteiger partial charge in [0.2, 0.25) is 0 Å². The summed E-state index contributed by atoms with van der Waals surface area (Å²) < 4.78 is 23.8. The van der Waals surface area contributed by atoms with Crippen molar-refractivity contribution in [3.8, 4) is 0 Å². The molecule has 1 aliphatic rings. The number of halogens is 2. The molecule has 3 N–H and O–H groups in total. The second kappa shape index (κ2) is 5.47. The molecule has 0 aromatic heterocycles. The van der Waals surface area contributed by atoms with Crippen LogP contribution in [0.25, 0.3) is 0 Å². The van der Waals surface area contributed by atoms with Crippen LogP contribution < -0.4 is 10.6 Å². The smallest absolute Gasteiger partial charge is 0.265 e. The lowest BCUT2D eigenvalue weighted by Crippen LogP contribution is -2.44. The zero-order chi connectivity index (χ0) is 9.68. The largest absolute Gasteiger partial charge is 0.386 e. The van der Waals surface area contributed by atoms with Gasteiger partial charge in [-0.2, -0.15) is 0 Å². The van der Waals surface area contributed by atoms with Crippen LogP contribution >= 0.6 is 0 Å². The number of hydrogen-bond acceptors (Lipinski definition) is 3. The van der Waals surface area contributed by atoms with Gasteiger partial charge >= 0.3 is 0 Å². The highest BCUT2D eigenvalue weighted by atomic mass is 19.3. The van der Waals surface area contributed by atoms with Crippen molar-refractivity contribution in [1.29, 1.82) is 0 Å². The molecule has 5 heteroatoms. The zero-order valence-electron chi connectivity index (χ0n) is 7.47. The Morgan fingerprint density at radius 3 is 2.54 bits per heavy atom. The van der Waals surface area contributed by atoms with E-state index in [0.717, 1.165) is 25.9 Å². The molecule has 3 nitrogen and oxygen atoms in total. The maximum atomic E-state index is 11.9. The molecule has 0 saturated carbocycles. The minimum atomic E-state index is -2.64. The zero-order valence-corrected chi connectivity index (χ0v) is 7.47. The van der Waals surface area contributed by atoms with E-state index in [2.05, 4.69) is 10.6 Å². The maximum absolute atomic E-state index is 11.9. The van der Waals surface area contributed by atoms with Crippen molar-refractivity contribution < 1.29 is 13.9 Å². The average molecular weight is 194 g/mol. The van der Waals surface area contributed by atoms with Crippen LogP contribution in [0, 0.1) is 0 Å². The van der Waals surface area contributed by atoms with E-state index in [-0.39, 0.29) is 12.6 Å². The Labute approximate surface area is 76.5 Å². The highest BCUT2D eigenvalue weighted by molar-refractivity contribution is 4.75. The number of piperidine rings is 1. The molecule has 0 spiro atoms. The minimum absolute atomic E-state index is 0.0116. The van der Waals surface area contributed by atoms with Crippen LogP contribution in [0.2, 0.25) is 0 Å². The molecule has 1 heterocycles. The van der Waals surface area contributed by atoms with Crippen molar-refractivity contribution in [2.75, 3.05) is 19.6 Å². The van der Waals surface area contributed by atoms with Gasteiger partial charge in [0, 0.05) is 12.6 Å². The van der Waals surface area contributed by atoms with E-state index in [1.807, 2.05) is 0 Å². The van der Waals surface area contributed by atoms with Gasteiger partial charge in [-0.1, -0.05) is 0 Å². The first-order valence-electron chi connectivity index (χ1n) is 4.60. The number of alkyl halides is 2. The molecule has 1 aliphatic heterocycles. The first-order valence-corrected chi connectivity index (χ1v) is 4.60. The highest BCUT2D eigenvalue weighted by Gasteiger charge is 2.19. The Balaban J connectivity index is 2.10. The summed E-state index contributed by atoms with van der Waals surface area (Å²) in [5, 5.41) is 14.9. The van der Waals surface area contributed by atoms with Crippen molar-refractivity contribution in [3.63, 3.8) is 0 Å². The Morgan fingerprint density at radius 2 is 2.00 bits per heavy atom. The molecule has 0 amide bonds. The summed E-state index contributed by atoms with van der Waals surface area (Å²) in [6.45, 7) is 1.83. The van der Waals surface area contributed by atoms with Crippen LogP contribution in [-0.2, 0) is 0 Å². The van der Waals surface area contributed by atoms with E-state index < -0.39 is 12.5 Å². The standard InChI is InChI=1S/C8H16F2N2O/c9-8(10)7(13)5-12-6-1-3-11-4-2-6/h6-8,11-13H,1-5H2. The summed E-state index contributed by atoms with van der Waals surface area (Å²) in [5.74, 6) is 0. The van der Waals surface area contributed by atoms with E-state index in [1.165, 1.54) is 0 Å². The normalized spacial score (nSPS) is 22.2. The van der Waals surface area contributed by atoms with Gasteiger partial charge in [-0.15, -0.1) is 0 Å². The van der Waals surface area contributed by atoms with Crippen molar-refractivity contribution in [1.82, 2.24) is 10.6 Å². The van der Waals surface area contributed by atoms with E-state index in [9.17, 15) is 8.78 Å². The molecule has 0 radical (unpaired) electrons. The summed E-state index contributed by atoms with van der Waals surface area (Å²) in [6, 6.07) is 0.273. The van der Waals surface area contributed by atoms with Crippen LogP contribution in [0.5, 0.6) is 0 Å². The first-order chi connectivity index (χ1) is 6.20. The van der Waals surface area contributed by atoms with Gasteiger partial charge in [0.05, 0.1) is 0 Å². The predicted molar refractivity (Wildman–Crippen MR) is 45.9 cm³/mol. The van der Waals surface area contributed by atoms with Crippen molar-refractivity contribution >= 4 is 0 Å². The molecule has 1 atom stereocenters. The topological polar surface area (TPSA) is 44.3 Å². The number of aliphatic hydroxyl groups excluding tert-OH is 1. The lowest BCUT2D eigenvalue weighted by molar-refractivity contribution is -0.00504. The second-order valence-electron chi connectivity index (χ2n) is 3.33. The summed E-state index contributed by atoms with van der Waals surface area (Å²) >= 11 is 0. The molecule has 1 unspecified atom stereocenters. The van der Waals surface area contributed by atoms with Gasteiger partial charge in [-0.3, -0.25) is 0 Å². The summed E-state index contributed by atoms with van der Waals surface area (Å²) in [6.07, 6.45) is -2.30. The van der Waals surface area contributed by atoms with Gasteiger partial charge < -0.3 is 15.7 Å². The van der Waals surface area contributed by atoms with E-state index in [1.54, 1.807) is 0 Å². The van der Waals surface area contributed by atoms with Crippen LogP contribution in [-0.4, -0.2) is 43.3 Å². The van der Waals surface area contributed by atoms with Crippen molar-refractivity contribution in [2.45, 2.75) is 31.4 Å². The first kappa shape index (κ1) is 10.8. The molecule has 1 fully saturated rings. The molecule has 0 aromatic carbocycles. The van der Waals surface area contributed by atoms with Gasteiger partial charge in [0.1, 0.15) is 6.10 Å². The Hall–Kier alpha value is -0.260. The fourth-order valence-electron chi connectivity index (χ4n) is 1.40. The third kappa shape index (κ3) is 3.97. The molecule has 0 aliphatic carbocycles. The van der Waals surface area contributed by atoms with E-state index in [0.29, 0.717) is 0 Å². The lowest BCUT2D eigenvalue weighted by atomic mass is 10.1. The molecule has 1 saturated heterocycles. The summed E-state index contributed by atoms with van der Waals surface area (Å²) in [7, 11) is 0. The van der Waals surface area contributed by atoms with Gasteiger partial charge in [0.15, 0.2) is 0 Å². The lowest BCUT2D eigenvalue weighted by Gasteiger charge is -2.24. The Morgan fingerprint density at radius 1 is 1.38 bits per heavy atom. The molecule has 0 bridgehead atoms. The van der Waals surface area contributed by atoms with Crippen LogP contribution in [0.4, 0.5) is 8.78 Å². The number of nitrogens with one attached hydrogen (secondary N) is 2. The highest BCUT2D eigenvalue weighted by Crippen LogP contribution is 2.04. The monoisotopic (exact) mass is 194 g/mol. The van der Waals surface area contributed by atoms with Gasteiger partial charge in [-0.25, -0.2) is 8.78 Å². The van der Waals surface area contributed by atoms with Gasteiger partial charge in [0.25, 0.3) is 6.43 Å². The van der Waals surface area contributed by atoms with E-state index >= 15 is 0 Å². The minimum Gasteiger partial charge on any atom is -0.386 e. The van der Waals surface area contributed by atoms with Crippen LogP contribution in [0.15, 0.2) is 0 Å². The number of rotatable bonds is 4. The molecule has 0 aromatic rings. The molecule has 13 heavy (non-hydrogen) atoms. The SMILES string of the molecule is OC(CNC1CCNCC1)C(F)F. The number of aliphatic hydroxyl groups is 1. The van der Waals surface area contributed by atoms with E-state index in [4.69, 9.17) is 5.11 Å².